The molecule has 9 heavy (non-hydrogen) atoms. The van der Waals surface area contributed by atoms with E-state index in [0.29, 0.717) is 0 Å². The molecule has 4 heteroatoms. The van der Waals surface area contributed by atoms with Gasteiger partial charge in [0, 0.05) is 34.1 Å². The molecule has 0 N–H and O–H groups in total. The van der Waals surface area contributed by atoms with Crippen LogP contribution in [0, 0.1) is 0 Å². The van der Waals surface area contributed by atoms with Crippen molar-refractivity contribution in [3.05, 3.63) is 0 Å². The molecule has 0 aliphatic carbocycles. The fourth-order valence-corrected chi connectivity index (χ4v) is 0.351. The quantitative estimate of drug-likeness (QED) is 0.510. The molecule has 0 atom stereocenters. The SMILES string of the molecule is CC(=O)CC(C)=O.[Cu].[Cu]. The van der Waals surface area contributed by atoms with Gasteiger partial charge in [0.1, 0.15) is 11.6 Å². The second-order valence-corrected chi connectivity index (χ2v) is 1.58. The fourth-order valence-electron chi connectivity index (χ4n) is 0.351. The maximum Gasteiger partial charge on any atom is 0.137 e. The van der Waals surface area contributed by atoms with Crippen molar-refractivity contribution in [1.29, 1.82) is 0 Å². The Morgan fingerprint density at radius 2 is 1.22 bits per heavy atom. The fraction of sp³-hybridized carbons (Fsp3) is 0.600. The molecule has 0 saturated carbocycles. The topological polar surface area (TPSA) is 34.1 Å². The number of ketones is 2. The van der Waals surface area contributed by atoms with Gasteiger partial charge in [0.05, 0.1) is 6.42 Å². The summed E-state index contributed by atoms with van der Waals surface area (Å²) in [4.78, 5) is 20.1. The summed E-state index contributed by atoms with van der Waals surface area (Å²) in [7, 11) is 0. The van der Waals surface area contributed by atoms with Crippen LogP contribution >= 0.6 is 0 Å². The third kappa shape index (κ3) is 17.8. The third-order valence-electron chi connectivity index (χ3n) is 0.498. The van der Waals surface area contributed by atoms with Crippen molar-refractivity contribution in [2.75, 3.05) is 0 Å². The molecule has 0 aromatic carbocycles. The van der Waals surface area contributed by atoms with Crippen LogP contribution in [0.5, 0.6) is 0 Å². The molecule has 2 nitrogen and oxygen atoms in total. The molecule has 0 fully saturated rings. The van der Waals surface area contributed by atoms with Gasteiger partial charge in [-0.05, 0) is 13.8 Å². The van der Waals surface area contributed by atoms with Crippen molar-refractivity contribution in [3.63, 3.8) is 0 Å². The molecule has 0 spiro atoms. The minimum absolute atomic E-state index is 0. The predicted molar refractivity (Wildman–Crippen MR) is 26.0 cm³/mol. The van der Waals surface area contributed by atoms with E-state index in [1.165, 1.54) is 13.8 Å². The summed E-state index contributed by atoms with van der Waals surface area (Å²) in [6.45, 7) is 2.81. The second kappa shape index (κ2) is 8.38. The first kappa shape index (κ1) is 16.2. The Bertz CT molecular complexity index is 89.1. The molecule has 2 radical (unpaired) electrons. The average Bonchev–Trinajstić information content (AvgIpc) is 1.27. The zero-order valence-corrected chi connectivity index (χ0v) is 7.01. The Kier molecular flexibility index (Phi) is 15.1. The van der Waals surface area contributed by atoms with E-state index >= 15 is 0 Å². The Balaban J connectivity index is -0.000000180. The molecule has 0 aliphatic rings. The van der Waals surface area contributed by atoms with Gasteiger partial charge in [-0.1, -0.05) is 0 Å². The van der Waals surface area contributed by atoms with Crippen LogP contribution in [0.4, 0.5) is 0 Å². The summed E-state index contributed by atoms with van der Waals surface area (Å²) in [6, 6.07) is 0. The molecule has 0 amide bonds. The summed E-state index contributed by atoms with van der Waals surface area (Å²) in [6.07, 6.45) is 0.0833. The van der Waals surface area contributed by atoms with E-state index in [0.717, 1.165) is 0 Å². The first-order valence-electron chi connectivity index (χ1n) is 2.12. The van der Waals surface area contributed by atoms with Crippen LogP contribution in [0.2, 0.25) is 0 Å². The smallest absolute Gasteiger partial charge is 0.137 e. The van der Waals surface area contributed by atoms with Crippen LogP contribution in [0.25, 0.3) is 0 Å². The van der Waals surface area contributed by atoms with E-state index in [1.54, 1.807) is 0 Å². The molecular formula is C5H8Cu2O2. The Morgan fingerprint density at radius 3 is 1.22 bits per heavy atom. The normalized spacial score (nSPS) is 6.44. The zero-order chi connectivity index (χ0) is 5.86. The Morgan fingerprint density at radius 1 is 1.00 bits per heavy atom. The summed E-state index contributed by atoms with van der Waals surface area (Å²) < 4.78 is 0. The molecule has 62 valence electrons. The predicted octanol–water partition coefficient (Wildman–Crippen LogP) is 0.549. The van der Waals surface area contributed by atoms with E-state index in [-0.39, 0.29) is 52.1 Å². The Labute approximate surface area is 75.7 Å². The van der Waals surface area contributed by atoms with Gasteiger partial charge in [0.2, 0.25) is 0 Å². The van der Waals surface area contributed by atoms with E-state index in [4.69, 9.17) is 0 Å². The van der Waals surface area contributed by atoms with E-state index in [2.05, 4.69) is 0 Å². The van der Waals surface area contributed by atoms with Crippen LogP contribution in [-0.2, 0) is 43.7 Å². The monoisotopic (exact) mass is 226 g/mol. The standard InChI is InChI=1S/C5H8O2.2Cu/c1-4(6)3-5(2)7;;/h3H2,1-2H3;;. The number of carbonyl (C=O) groups is 2. The van der Waals surface area contributed by atoms with Gasteiger partial charge in [-0.2, -0.15) is 0 Å². The van der Waals surface area contributed by atoms with Gasteiger partial charge < -0.3 is 0 Å². The molecule has 0 rings (SSSR count). The van der Waals surface area contributed by atoms with Gasteiger partial charge in [-0.3, -0.25) is 9.59 Å². The summed E-state index contributed by atoms with van der Waals surface area (Å²) in [5.41, 5.74) is 0. The van der Waals surface area contributed by atoms with Gasteiger partial charge >= 0.3 is 0 Å². The second-order valence-electron chi connectivity index (χ2n) is 1.58. The van der Waals surface area contributed by atoms with Crippen LogP contribution in [0.15, 0.2) is 0 Å². The number of hydrogen-bond donors (Lipinski definition) is 0. The van der Waals surface area contributed by atoms with Gasteiger partial charge in [0.25, 0.3) is 0 Å². The maximum absolute atomic E-state index is 10.0. The minimum Gasteiger partial charge on any atom is -0.300 e. The first-order chi connectivity index (χ1) is 3.13. The van der Waals surface area contributed by atoms with Gasteiger partial charge in [-0.25, -0.2) is 0 Å². The van der Waals surface area contributed by atoms with Crippen molar-refractivity contribution in [2.24, 2.45) is 0 Å². The van der Waals surface area contributed by atoms with Gasteiger partial charge in [-0.15, -0.1) is 0 Å². The van der Waals surface area contributed by atoms with Crippen molar-refractivity contribution in [1.82, 2.24) is 0 Å². The molecule has 0 bridgehead atoms. The van der Waals surface area contributed by atoms with E-state index < -0.39 is 0 Å². The molecule has 0 aliphatic heterocycles. The molecule has 0 unspecified atom stereocenters. The molecule has 0 aromatic rings. The molecule has 0 saturated heterocycles. The van der Waals surface area contributed by atoms with Crippen LogP contribution < -0.4 is 0 Å². The Hall–Kier alpha value is 0.379. The molecular weight excluding hydrogens is 219 g/mol. The largest absolute Gasteiger partial charge is 0.300 e. The van der Waals surface area contributed by atoms with Crippen LogP contribution in [-0.4, -0.2) is 11.6 Å². The van der Waals surface area contributed by atoms with Crippen LogP contribution in [0.3, 0.4) is 0 Å². The third-order valence-corrected chi connectivity index (χ3v) is 0.498. The van der Waals surface area contributed by atoms with Crippen molar-refractivity contribution < 1.29 is 43.7 Å². The summed E-state index contributed by atoms with van der Waals surface area (Å²) >= 11 is 0. The minimum atomic E-state index is -0.0625. The maximum atomic E-state index is 10.0. The molecule has 0 heterocycles. The van der Waals surface area contributed by atoms with E-state index in [9.17, 15) is 9.59 Å². The average molecular weight is 227 g/mol. The number of hydrogen-bond acceptors (Lipinski definition) is 2. The van der Waals surface area contributed by atoms with Crippen LogP contribution in [0.1, 0.15) is 20.3 Å². The van der Waals surface area contributed by atoms with Crippen molar-refractivity contribution in [2.45, 2.75) is 20.3 Å². The molecule has 0 aromatic heterocycles. The summed E-state index contributed by atoms with van der Waals surface area (Å²) in [5.74, 6) is -0.125. The first-order valence-corrected chi connectivity index (χ1v) is 2.12. The number of rotatable bonds is 2. The summed E-state index contributed by atoms with van der Waals surface area (Å²) in [5, 5.41) is 0. The van der Waals surface area contributed by atoms with Crippen molar-refractivity contribution in [3.8, 4) is 0 Å². The zero-order valence-electron chi connectivity index (χ0n) is 5.13. The number of Topliss-reactive ketones (excluding diaryl/α,β-unsaturated/α-hetero) is 2. The number of carbonyl (C=O) groups excluding carboxylic acids is 2. The van der Waals surface area contributed by atoms with Crippen molar-refractivity contribution >= 4 is 11.6 Å². The van der Waals surface area contributed by atoms with Gasteiger partial charge in [0.15, 0.2) is 0 Å². The van der Waals surface area contributed by atoms with E-state index in [1.807, 2.05) is 0 Å².